The summed E-state index contributed by atoms with van der Waals surface area (Å²) in [5.74, 6) is 0. The third kappa shape index (κ3) is 2.58. The molecule has 0 aliphatic heterocycles. The van der Waals surface area contributed by atoms with Crippen molar-refractivity contribution in [3.05, 3.63) is 121 Å². The van der Waals surface area contributed by atoms with Crippen LogP contribution in [-0.4, -0.2) is 0 Å². The predicted octanol–water partition coefficient (Wildman–Crippen LogP) is 9.43. The normalized spacial score (nSPS) is 11.8. The van der Waals surface area contributed by atoms with E-state index in [2.05, 4.69) is 122 Å². The standard InChI is InChI=1S/C33H22/c1-21-23-10-2-3-11-24(23)28-15-8-9-17-31(28)33(21)22-18-19-30-27-14-5-4-12-25(27)26-13-6-7-16-29(26)32(30)20-22/h2-20H,1H3. The molecule has 0 radical (unpaired) electrons. The van der Waals surface area contributed by atoms with Crippen LogP contribution in [0.25, 0.3) is 65.0 Å². The van der Waals surface area contributed by atoms with Gasteiger partial charge in [0.1, 0.15) is 0 Å². The molecule has 7 aromatic rings. The molecule has 0 nitrogen and oxygen atoms in total. The minimum Gasteiger partial charge on any atom is -0.0616 e. The lowest BCUT2D eigenvalue weighted by Gasteiger charge is -2.17. The Balaban J connectivity index is 1.66. The molecule has 0 fully saturated rings. The zero-order valence-electron chi connectivity index (χ0n) is 18.5. The van der Waals surface area contributed by atoms with Gasteiger partial charge in [-0.05, 0) is 83.5 Å². The highest BCUT2D eigenvalue weighted by Crippen LogP contribution is 2.41. The Morgan fingerprint density at radius 2 is 0.697 bits per heavy atom. The molecule has 0 bridgehead atoms. The van der Waals surface area contributed by atoms with Crippen molar-refractivity contribution >= 4 is 53.9 Å². The lowest BCUT2D eigenvalue weighted by Crippen LogP contribution is -1.91. The molecule has 0 aliphatic rings. The van der Waals surface area contributed by atoms with Gasteiger partial charge in [-0.2, -0.15) is 0 Å². The zero-order valence-corrected chi connectivity index (χ0v) is 18.5. The molecule has 7 aromatic carbocycles. The topological polar surface area (TPSA) is 0 Å². The molecule has 0 saturated carbocycles. The van der Waals surface area contributed by atoms with Gasteiger partial charge in [-0.15, -0.1) is 0 Å². The minimum absolute atomic E-state index is 1.28. The number of benzene rings is 7. The van der Waals surface area contributed by atoms with Crippen molar-refractivity contribution in [2.24, 2.45) is 0 Å². The minimum atomic E-state index is 1.28. The van der Waals surface area contributed by atoms with Crippen LogP contribution in [0.4, 0.5) is 0 Å². The van der Waals surface area contributed by atoms with E-state index in [-0.39, 0.29) is 0 Å². The van der Waals surface area contributed by atoms with Gasteiger partial charge >= 0.3 is 0 Å². The summed E-state index contributed by atoms with van der Waals surface area (Å²) in [6, 6.07) is 42.2. The fourth-order valence-corrected chi connectivity index (χ4v) is 5.75. The highest BCUT2D eigenvalue weighted by molar-refractivity contribution is 6.26. The summed E-state index contributed by atoms with van der Waals surface area (Å²) in [5, 5.41) is 13.2. The summed E-state index contributed by atoms with van der Waals surface area (Å²) in [7, 11) is 0. The fraction of sp³-hybridized carbons (Fsp3) is 0.0303. The van der Waals surface area contributed by atoms with Crippen LogP contribution in [0.1, 0.15) is 5.56 Å². The van der Waals surface area contributed by atoms with Crippen LogP contribution in [0.3, 0.4) is 0 Å². The summed E-state index contributed by atoms with van der Waals surface area (Å²) >= 11 is 0. The highest BCUT2D eigenvalue weighted by Gasteiger charge is 2.15. The van der Waals surface area contributed by atoms with E-state index >= 15 is 0 Å². The molecule has 33 heavy (non-hydrogen) atoms. The number of rotatable bonds is 1. The van der Waals surface area contributed by atoms with Gasteiger partial charge in [0, 0.05) is 0 Å². The Kier molecular flexibility index (Phi) is 3.86. The van der Waals surface area contributed by atoms with Gasteiger partial charge in [0.05, 0.1) is 0 Å². The van der Waals surface area contributed by atoms with Crippen molar-refractivity contribution in [2.75, 3.05) is 0 Å². The number of hydrogen-bond donors (Lipinski definition) is 0. The number of hydrogen-bond acceptors (Lipinski definition) is 0. The first-order chi connectivity index (χ1) is 16.3. The molecule has 0 heterocycles. The molecule has 0 unspecified atom stereocenters. The van der Waals surface area contributed by atoms with E-state index in [1.807, 2.05) is 0 Å². The summed E-state index contributed by atoms with van der Waals surface area (Å²) in [6.07, 6.45) is 0. The van der Waals surface area contributed by atoms with E-state index in [1.165, 1.54) is 70.6 Å². The van der Waals surface area contributed by atoms with E-state index < -0.39 is 0 Å². The molecule has 0 amide bonds. The quantitative estimate of drug-likeness (QED) is 0.233. The van der Waals surface area contributed by atoms with Crippen LogP contribution in [0.2, 0.25) is 0 Å². The largest absolute Gasteiger partial charge is 0.0616 e. The predicted molar refractivity (Wildman–Crippen MR) is 144 cm³/mol. The van der Waals surface area contributed by atoms with Gasteiger partial charge in [-0.25, -0.2) is 0 Å². The Labute approximate surface area is 192 Å². The van der Waals surface area contributed by atoms with Crippen molar-refractivity contribution in [3.63, 3.8) is 0 Å². The maximum absolute atomic E-state index is 2.41. The Bertz CT molecular complexity index is 1840. The summed E-state index contributed by atoms with van der Waals surface area (Å²) in [6.45, 7) is 2.27. The molecule has 0 saturated heterocycles. The number of fused-ring (bicyclic) bond motifs is 9. The molecule has 0 aliphatic carbocycles. The molecule has 0 heteroatoms. The Hall–Kier alpha value is -4.16. The highest BCUT2D eigenvalue weighted by atomic mass is 14.2. The van der Waals surface area contributed by atoms with Gasteiger partial charge in [0.2, 0.25) is 0 Å². The average molecular weight is 419 g/mol. The van der Waals surface area contributed by atoms with Crippen LogP contribution in [0.5, 0.6) is 0 Å². The summed E-state index contributed by atoms with van der Waals surface area (Å²) < 4.78 is 0. The van der Waals surface area contributed by atoms with E-state index in [1.54, 1.807) is 0 Å². The van der Waals surface area contributed by atoms with Crippen LogP contribution < -0.4 is 0 Å². The van der Waals surface area contributed by atoms with Crippen molar-refractivity contribution in [3.8, 4) is 11.1 Å². The van der Waals surface area contributed by atoms with Crippen molar-refractivity contribution in [1.82, 2.24) is 0 Å². The molecule has 0 atom stereocenters. The molecule has 7 rings (SSSR count). The van der Waals surface area contributed by atoms with Gasteiger partial charge in [0.25, 0.3) is 0 Å². The fourth-order valence-electron chi connectivity index (χ4n) is 5.75. The molecule has 154 valence electrons. The third-order valence-corrected chi connectivity index (χ3v) is 7.23. The average Bonchev–Trinajstić information content (AvgIpc) is 2.89. The third-order valence-electron chi connectivity index (χ3n) is 7.23. The van der Waals surface area contributed by atoms with Crippen LogP contribution in [-0.2, 0) is 0 Å². The maximum Gasteiger partial charge on any atom is -0.00695 e. The van der Waals surface area contributed by atoms with E-state index in [9.17, 15) is 0 Å². The van der Waals surface area contributed by atoms with Crippen LogP contribution >= 0.6 is 0 Å². The van der Waals surface area contributed by atoms with Crippen molar-refractivity contribution < 1.29 is 0 Å². The van der Waals surface area contributed by atoms with Gasteiger partial charge in [-0.3, -0.25) is 0 Å². The molecular weight excluding hydrogens is 396 g/mol. The maximum atomic E-state index is 2.41. The molecule has 0 N–H and O–H groups in total. The SMILES string of the molecule is Cc1c(-c2ccc3c4ccccc4c4ccccc4c3c2)c2ccccc2c2ccccc12. The van der Waals surface area contributed by atoms with Gasteiger partial charge < -0.3 is 0 Å². The van der Waals surface area contributed by atoms with Crippen LogP contribution in [0, 0.1) is 6.92 Å². The van der Waals surface area contributed by atoms with Gasteiger partial charge in [-0.1, -0.05) is 109 Å². The molecule has 0 spiro atoms. The van der Waals surface area contributed by atoms with Crippen LogP contribution in [0.15, 0.2) is 115 Å². The second kappa shape index (κ2) is 6.92. The van der Waals surface area contributed by atoms with Crippen molar-refractivity contribution in [2.45, 2.75) is 6.92 Å². The first-order valence-corrected chi connectivity index (χ1v) is 11.5. The van der Waals surface area contributed by atoms with Crippen molar-refractivity contribution in [1.29, 1.82) is 0 Å². The molecule has 0 aromatic heterocycles. The zero-order chi connectivity index (χ0) is 21.9. The lowest BCUT2D eigenvalue weighted by atomic mass is 9.87. The first-order valence-electron chi connectivity index (χ1n) is 11.5. The van der Waals surface area contributed by atoms with Gasteiger partial charge in [0.15, 0.2) is 0 Å². The van der Waals surface area contributed by atoms with E-state index in [0.29, 0.717) is 0 Å². The number of aryl methyl sites for hydroxylation is 1. The first kappa shape index (κ1) is 18.4. The monoisotopic (exact) mass is 418 g/mol. The van der Waals surface area contributed by atoms with E-state index in [0.717, 1.165) is 0 Å². The summed E-state index contributed by atoms with van der Waals surface area (Å²) in [4.78, 5) is 0. The molecular formula is C33H22. The van der Waals surface area contributed by atoms with E-state index in [4.69, 9.17) is 0 Å². The smallest absolute Gasteiger partial charge is 0.00695 e. The second-order valence-corrected chi connectivity index (χ2v) is 8.94. The Morgan fingerprint density at radius 3 is 1.24 bits per heavy atom. The lowest BCUT2D eigenvalue weighted by molar-refractivity contribution is 1.54. The second-order valence-electron chi connectivity index (χ2n) is 8.94. The Morgan fingerprint density at radius 1 is 0.333 bits per heavy atom. The summed E-state index contributed by atoms with van der Waals surface area (Å²) in [5.41, 5.74) is 3.96.